The first-order valence-electron chi connectivity index (χ1n) is 10.8. The van der Waals surface area contributed by atoms with E-state index in [0.717, 1.165) is 33.5 Å². The number of nitrogens with one attached hydrogen (secondary N) is 2. The summed E-state index contributed by atoms with van der Waals surface area (Å²) in [5.74, 6) is 0.674. The number of nitrogens with zero attached hydrogens (tertiary/aromatic N) is 1. The molecule has 3 atom stereocenters. The van der Waals surface area contributed by atoms with Gasteiger partial charge < -0.3 is 15.2 Å². The second kappa shape index (κ2) is 8.23. The van der Waals surface area contributed by atoms with Crippen LogP contribution in [0.15, 0.2) is 65.7 Å². The van der Waals surface area contributed by atoms with Gasteiger partial charge in [0.25, 0.3) is 5.91 Å². The van der Waals surface area contributed by atoms with Crippen molar-refractivity contribution in [3.8, 4) is 0 Å². The summed E-state index contributed by atoms with van der Waals surface area (Å²) in [6, 6.07) is 18.7. The molecular weight excluding hydrogens is 390 g/mol. The van der Waals surface area contributed by atoms with Crippen LogP contribution in [-0.4, -0.2) is 27.3 Å². The molecule has 5 heteroatoms. The molecular formula is C25H27N3OS. The summed E-state index contributed by atoms with van der Waals surface area (Å²) in [5.41, 5.74) is 3.13. The molecule has 2 aliphatic rings. The SMILES string of the molecule is C[C@@H]1CCCC[C@@H]1N1C(=O)/C(=C/c2c[nH]c3ccccc23)SC1Nc1ccccc1. The Morgan fingerprint density at radius 3 is 2.67 bits per heavy atom. The van der Waals surface area contributed by atoms with Crippen molar-refractivity contribution in [1.82, 2.24) is 9.88 Å². The highest BCUT2D eigenvalue weighted by atomic mass is 32.2. The van der Waals surface area contributed by atoms with E-state index in [1.54, 1.807) is 11.8 Å². The maximum Gasteiger partial charge on any atom is 0.262 e. The third-order valence-electron chi connectivity index (χ3n) is 6.33. The van der Waals surface area contributed by atoms with Crippen LogP contribution in [0.25, 0.3) is 17.0 Å². The fourth-order valence-corrected chi connectivity index (χ4v) is 5.92. The number of rotatable bonds is 4. The van der Waals surface area contributed by atoms with E-state index in [2.05, 4.69) is 52.5 Å². The van der Waals surface area contributed by atoms with Gasteiger partial charge in [-0.05, 0) is 43.0 Å². The summed E-state index contributed by atoms with van der Waals surface area (Å²) in [6.07, 6.45) is 8.79. The van der Waals surface area contributed by atoms with Crippen molar-refractivity contribution in [3.05, 3.63) is 71.3 Å². The lowest BCUT2D eigenvalue weighted by Crippen LogP contribution is -2.48. The molecule has 2 fully saturated rings. The summed E-state index contributed by atoms with van der Waals surface area (Å²) in [4.78, 5) is 19.8. The van der Waals surface area contributed by atoms with Gasteiger partial charge >= 0.3 is 0 Å². The number of para-hydroxylation sites is 2. The zero-order valence-electron chi connectivity index (χ0n) is 17.2. The molecule has 2 N–H and O–H groups in total. The summed E-state index contributed by atoms with van der Waals surface area (Å²) >= 11 is 1.64. The zero-order valence-corrected chi connectivity index (χ0v) is 18.0. The van der Waals surface area contributed by atoms with E-state index >= 15 is 0 Å². The van der Waals surface area contributed by atoms with Crippen LogP contribution in [0.3, 0.4) is 0 Å². The lowest BCUT2D eigenvalue weighted by Gasteiger charge is -2.39. The number of thioether (sulfide) groups is 1. The lowest BCUT2D eigenvalue weighted by atomic mass is 9.85. The van der Waals surface area contributed by atoms with Gasteiger partial charge in [-0.15, -0.1) is 0 Å². The van der Waals surface area contributed by atoms with E-state index in [1.807, 2.05) is 36.5 Å². The molecule has 1 amide bonds. The molecule has 4 nitrogen and oxygen atoms in total. The Bertz CT molecular complexity index is 1070. The highest BCUT2D eigenvalue weighted by Crippen LogP contribution is 2.42. The summed E-state index contributed by atoms with van der Waals surface area (Å²) in [6.45, 7) is 2.29. The normalized spacial score (nSPS) is 25.9. The Morgan fingerprint density at radius 1 is 1.07 bits per heavy atom. The Balaban J connectivity index is 1.49. The van der Waals surface area contributed by atoms with Crippen LogP contribution in [0.1, 0.15) is 38.2 Å². The minimum atomic E-state index is -0.0816. The standard InChI is InChI=1S/C25H27N3OS/c1-17-9-5-8-14-22(17)28-24(29)23(30-25(28)27-19-10-3-2-4-11-19)15-18-16-26-21-13-7-6-12-20(18)21/h2-4,6-7,10-13,15-17,22,25-27H,5,8-9,14H2,1H3/b23-15-/t17-,22+,25?/m1/s1. The number of hydrogen-bond acceptors (Lipinski definition) is 3. The van der Waals surface area contributed by atoms with Crippen LogP contribution in [0.5, 0.6) is 0 Å². The monoisotopic (exact) mass is 417 g/mol. The fourth-order valence-electron chi connectivity index (χ4n) is 4.72. The third kappa shape index (κ3) is 3.63. The average molecular weight is 418 g/mol. The van der Waals surface area contributed by atoms with Crippen LogP contribution in [0.2, 0.25) is 0 Å². The minimum Gasteiger partial charge on any atom is -0.361 e. The highest BCUT2D eigenvalue weighted by Gasteiger charge is 2.42. The quantitative estimate of drug-likeness (QED) is 0.507. The predicted octanol–water partition coefficient (Wildman–Crippen LogP) is 6.06. The van der Waals surface area contributed by atoms with E-state index in [0.29, 0.717) is 5.92 Å². The largest absolute Gasteiger partial charge is 0.361 e. The molecule has 3 aromatic rings. The summed E-state index contributed by atoms with van der Waals surface area (Å²) in [5, 5.41) is 4.75. The van der Waals surface area contributed by atoms with Crippen molar-refractivity contribution < 1.29 is 4.79 Å². The lowest BCUT2D eigenvalue weighted by molar-refractivity contribution is -0.129. The van der Waals surface area contributed by atoms with Crippen LogP contribution >= 0.6 is 11.8 Å². The first-order valence-corrected chi connectivity index (χ1v) is 11.7. The van der Waals surface area contributed by atoms with Crippen LogP contribution in [0, 0.1) is 5.92 Å². The number of anilines is 1. The van der Waals surface area contributed by atoms with Crippen molar-refractivity contribution in [3.63, 3.8) is 0 Å². The number of H-pyrrole nitrogens is 1. The second-order valence-electron chi connectivity index (χ2n) is 8.32. The predicted molar refractivity (Wildman–Crippen MR) is 126 cm³/mol. The molecule has 1 unspecified atom stereocenters. The highest BCUT2D eigenvalue weighted by molar-refractivity contribution is 8.05. The molecule has 1 aliphatic heterocycles. The number of aromatic nitrogens is 1. The summed E-state index contributed by atoms with van der Waals surface area (Å²) in [7, 11) is 0. The molecule has 5 rings (SSSR count). The molecule has 0 bridgehead atoms. The molecule has 1 aromatic heterocycles. The Labute approximate surface area is 181 Å². The maximum atomic E-state index is 13.6. The van der Waals surface area contributed by atoms with Crippen molar-refractivity contribution >= 4 is 40.3 Å². The van der Waals surface area contributed by atoms with Gasteiger partial charge in [-0.25, -0.2) is 0 Å². The number of hydrogen-bond donors (Lipinski definition) is 2. The van der Waals surface area contributed by atoms with Crippen molar-refractivity contribution in [1.29, 1.82) is 0 Å². The van der Waals surface area contributed by atoms with Gasteiger partial charge in [0.05, 0.1) is 4.91 Å². The second-order valence-corrected chi connectivity index (χ2v) is 9.44. The average Bonchev–Trinajstić information content (AvgIpc) is 3.31. The Kier molecular flexibility index (Phi) is 5.30. The van der Waals surface area contributed by atoms with Gasteiger partial charge in [-0.1, -0.05) is 67.9 Å². The number of carbonyl (C=O) groups is 1. The number of benzene rings is 2. The topological polar surface area (TPSA) is 48.1 Å². The number of fused-ring (bicyclic) bond motifs is 1. The van der Waals surface area contributed by atoms with Gasteiger partial charge in [0, 0.05) is 34.4 Å². The molecule has 1 aliphatic carbocycles. The molecule has 154 valence electrons. The van der Waals surface area contributed by atoms with E-state index < -0.39 is 0 Å². The van der Waals surface area contributed by atoms with Gasteiger partial charge in [0.15, 0.2) is 5.50 Å². The molecule has 0 spiro atoms. The molecule has 1 saturated carbocycles. The van der Waals surface area contributed by atoms with Gasteiger partial charge in [-0.2, -0.15) is 0 Å². The van der Waals surface area contributed by atoms with Gasteiger partial charge in [0.2, 0.25) is 0 Å². The fraction of sp³-hybridized carbons (Fsp3) is 0.320. The van der Waals surface area contributed by atoms with Gasteiger partial charge in [0.1, 0.15) is 0 Å². The number of aromatic amines is 1. The first-order chi connectivity index (χ1) is 14.7. The van der Waals surface area contributed by atoms with Crippen molar-refractivity contribution in [2.75, 3.05) is 5.32 Å². The van der Waals surface area contributed by atoms with E-state index in [1.165, 1.54) is 19.3 Å². The number of carbonyl (C=O) groups excluding carboxylic acids is 1. The molecule has 2 heterocycles. The van der Waals surface area contributed by atoms with Crippen LogP contribution in [-0.2, 0) is 4.79 Å². The summed E-state index contributed by atoms with van der Waals surface area (Å²) < 4.78 is 0. The smallest absolute Gasteiger partial charge is 0.262 e. The van der Waals surface area contributed by atoms with Crippen LogP contribution in [0.4, 0.5) is 5.69 Å². The zero-order chi connectivity index (χ0) is 20.5. The molecule has 1 saturated heterocycles. The Morgan fingerprint density at radius 2 is 1.83 bits per heavy atom. The van der Waals surface area contributed by atoms with E-state index in [9.17, 15) is 4.79 Å². The van der Waals surface area contributed by atoms with Crippen LogP contribution < -0.4 is 5.32 Å². The van der Waals surface area contributed by atoms with Crippen molar-refractivity contribution in [2.45, 2.75) is 44.1 Å². The molecule has 0 radical (unpaired) electrons. The minimum absolute atomic E-state index is 0.0816. The molecule has 2 aromatic carbocycles. The molecule has 30 heavy (non-hydrogen) atoms. The first kappa shape index (κ1) is 19.3. The number of amides is 1. The third-order valence-corrected chi connectivity index (χ3v) is 7.45. The van der Waals surface area contributed by atoms with E-state index in [4.69, 9.17) is 0 Å². The van der Waals surface area contributed by atoms with Crippen molar-refractivity contribution in [2.24, 2.45) is 5.92 Å². The maximum absolute atomic E-state index is 13.6. The Hall–Kier alpha value is -2.66. The van der Waals surface area contributed by atoms with E-state index in [-0.39, 0.29) is 17.4 Å². The van der Waals surface area contributed by atoms with Gasteiger partial charge in [-0.3, -0.25) is 4.79 Å².